The summed E-state index contributed by atoms with van der Waals surface area (Å²) in [7, 11) is 1.52. The zero-order valence-corrected chi connectivity index (χ0v) is 12.4. The van der Waals surface area contributed by atoms with Crippen LogP contribution in [0.5, 0.6) is 11.5 Å². The second-order valence-electron chi connectivity index (χ2n) is 5.48. The van der Waals surface area contributed by atoms with Crippen LogP contribution in [-0.4, -0.2) is 18.8 Å². The number of aromatic hydroxyl groups is 1. The van der Waals surface area contributed by atoms with E-state index in [0.717, 1.165) is 36.8 Å². The first kappa shape index (κ1) is 14.5. The first-order chi connectivity index (χ1) is 9.05. The lowest BCUT2D eigenvalue weighted by Crippen LogP contribution is -2.37. The molecule has 19 heavy (non-hydrogen) atoms. The molecule has 1 saturated carbocycles. The van der Waals surface area contributed by atoms with Crippen LogP contribution in [0.2, 0.25) is 5.02 Å². The summed E-state index contributed by atoms with van der Waals surface area (Å²) in [4.78, 5) is 0. The lowest BCUT2D eigenvalue weighted by Gasteiger charge is -2.38. The van der Waals surface area contributed by atoms with Gasteiger partial charge in [0.1, 0.15) is 0 Å². The zero-order chi connectivity index (χ0) is 14.0. The second kappa shape index (κ2) is 5.59. The van der Waals surface area contributed by atoms with Crippen molar-refractivity contribution in [2.24, 2.45) is 5.73 Å². The van der Waals surface area contributed by atoms with E-state index in [2.05, 4.69) is 0 Å². The van der Waals surface area contributed by atoms with E-state index in [1.54, 1.807) is 0 Å². The number of benzene rings is 1. The van der Waals surface area contributed by atoms with Gasteiger partial charge in [0.05, 0.1) is 12.1 Å². The summed E-state index contributed by atoms with van der Waals surface area (Å²) < 4.78 is 5.23. The Bertz CT molecular complexity index is 468. The Morgan fingerprint density at radius 3 is 2.53 bits per heavy atom. The quantitative estimate of drug-likeness (QED) is 0.892. The largest absolute Gasteiger partial charge is 0.504 e. The molecule has 0 saturated heterocycles. The third-order valence-electron chi connectivity index (χ3n) is 4.34. The first-order valence-corrected chi connectivity index (χ1v) is 7.20. The molecular weight excluding hydrogens is 262 g/mol. The van der Waals surface area contributed by atoms with Gasteiger partial charge in [-0.3, -0.25) is 0 Å². The molecule has 0 spiro atoms. The van der Waals surface area contributed by atoms with Gasteiger partial charge in [-0.2, -0.15) is 0 Å². The molecule has 0 atom stereocenters. The van der Waals surface area contributed by atoms with Crippen molar-refractivity contribution < 1.29 is 9.84 Å². The van der Waals surface area contributed by atoms with Gasteiger partial charge in [-0.25, -0.2) is 0 Å². The molecule has 0 heterocycles. The van der Waals surface area contributed by atoms with Crippen molar-refractivity contribution in [2.45, 2.75) is 44.4 Å². The Hall–Kier alpha value is -0.930. The van der Waals surface area contributed by atoms with Crippen molar-refractivity contribution in [3.05, 3.63) is 22.2 Å². The van der Waals surface area contributed by atoms with E-state index in [9.17, 15) is 5.11 Å². The van der Waals surface area contributed by atoms with Gasteiger partial charge in [0.25, 0.3) is 0 Å². The van der Waals surface area contributed by atoms with Gasteiger partial charge < -0.3 is 15.6 Å². The standard InChI is InChI=1S/C15H22ClNO2/c1-10-8-11(16)14(19-2)13(18)12(10)15(9-17)6-4-3-5-7-15/h8,18H,3-7,9,17H2,1-2H3. The molecule has 0 radical (unpaired) electrons. The maximum absolute atomic E-state index is 10.5. The number of halogens is 1. The highest BCUT2D eigenvalue weighted by Gasteiger charge is 2.37. The van der Waals surface area contributed by atoms with Crippen LogP contribution in [0.4, 0.5) is 0 Å². The van der Waals surface area contributed by atoms with E-state index < -0.39 is 0 Å². The topological polar surface area (TPSA) is 55.5 Å². The molecule has 3 N–H and O–H groups in total. The summed E-state index contributed by atoms with van der Waals surface area (Å²) >= 11 is 6.12. The number of nitrogens with two attached hydrogens (primary N) is 1. The summed E-state index contributed by atoms with van der Waals surface area (Å²) in [6, 6.07) is 1.86. The Kier molecular flexibility index (Phi) is 4.26. The predicted molar refractivity (Wildman–Crippen MR) is 78.2 cm³/mol. The van der Waals surface area contributed by atoms with Crippen LogP contribution >= 0.6 is 11.6 Å². The van der Waals surface area contributed by atoms with Gasteiger partial charge >= 0.3 is 0 Å². The molecule has 0 aromatic heterocycles. The highest BCUT2D eigenvalue weighted by molar-refractivity contribution is 6.32. The molecule has 4 heteroatoms. The number of phenols is 1. The summed E-state index contributed by atoms with van der Waals surface area (Å²) in [5.41, 5.74) is 7.84. The summed E-state index contributed by atoms with van der Waals surface area (Å²) in [6.45, 7) is 2.53. The molecule has 0 aliphatic heterocycles. The molecule has 0 bridgehead atoms. The lowest BCUT2D eigenvalue weighted by molar-refractivity contribution is 0.284. The van der Waals surface area contributed by atoms with Crippen LogP contribution in [0.15, 0.2) is 6.07 Å². The average molecular weight is 284 g/mol. The van der Waals surface area contributed by atoms with E-state index in [0.29, 0.717) is 17.3 Å². The SMILES string of the molecule is COc1c(Cl)cc(C)c(C2(CN)CCCCC2)c1O. The van der Waals surface area contributed by atoms with E-state index in [-0.39, 0.29) is 11.2 Å². The molecule has 2 rings (SSSR count). The van der Waals surface area contributed by atoms with E-state index in [1.807, 2.05) is 13.0 Å². The van der Waals surface area contributed by atoms with E-state index >= 15 is 0 Å². The third kappa shape index (κ3) is 2.41. The molecule has 1 aromatic carbocycles. The van der Waals surface area contributed by atoms with Crippen molar-refractivity contribution in [3.8, 4) is 11.5 Å². The Labute approximate surface area is 119 Å². The molecule has 1 aliphatic carbocycles. The minimum Gasteiger partial charge on any atom is -0.504 e. The average Bonchev–Trinajstić information content (AvgIpc) is 2.39. The third-order valence-corrected chi connectivity index (χ3v) is 4.62. The van der Waals surface area contributed by atoms with Crippen LogP contribution in [0.25, 0.3) is 0 Å². The molecule has 1 fully saturated rings. The maximum Gasteiger partial charge on any atom is 0.179 e. The van der Waals surface area contributed by atoms with Gasteiger partial charge in [0, 0.05) is 17.5 Å². The van der Waals surface area contributed by atoms with Crippen LogP contribution in [0, 0.1) is 6.92 Å². The van der Waals surface area contributed by atoms with Crippen molar-refractivity contribution in [1.82, 2.24) is 0 Å². The van der Waals surface area contributed by atoms with Gasteiger partial charge in [0.2, 0.25) is 0 Å². The number of methoxy groups -OCH3 is 1. The van der Waals surface area contributed by atoms with Gasteiger partial charge in [0.15, 0.2) is 11.5 Å². The number of hydrogen-bond acceptors (Lipinski definition) is 3. The zero-order valence-electron chi connectivity index (χ0n) is 11.6. The smallest absolute Gasteiger partial charge is 0.179 e. The highest BCUT2D eigenvalue weighted by Crippen LogP contribution is 2.49. The first-order valence-electron chi connectivity index (χ1n) is 6.82. The molecular formula is C15H22ClNO2. The van der Waals surface area contributed by atoms with Crippen LogP contribution < -0.4 is 10.5 Å². The van der Waals surface area contributed by atoms with Crippen LogP contribution in [-0.2, 0) is 5.41 Å². The predicted octanol–water partition coefficient (Wildman–Crippen LogP) is 3.52. The Balaban J connectivity index is 2.59. The molecule has 3 nitrogen and oxygen atoms in total. The minimum atomic E-state index is -0.135. The van der Waals surface area contributed by atoms with E-state index in [1.165, 1.54) is 13.5 Å². The van der Waals surface area contributed by atoms with Crippen molar-refractivity contribution in [2.75, 3.05) is 13.7 Å². The number of rotatable bonds is 3. The molecule has 0 amide bonds. The van der Waals surface area contributed by atoms with Crippen LogP contribution in [0.1, 0.15) is 43.2 Å². The van der Waals surface area contributed by atoms with Gasteiger partial charge in [-0.1, -0.05) is 30.9 Å². The molecule has 1 aliphatic rings. The van der Waals surface area contributed by atoms with Crippen molar-refractivity contribution >= 4 is 11.6 Å². The summed E-state index contributed by atoms with van der Waals surface area (Å²) in [6.07, 6.45) is 5.58. The fourth-order valence-electron chi connectivity index (χ4n) is 3.39. The van der Waals surface area contributed by atoms with Gasteiger partial charge in [-0.15, -0.1) is 0 Å². The van der Waals surface area contributed by atoms with Gasteiger partial charge in [-0.05, 0) is 31.4 Å². The van der Waals surface area contributed by atoms with Crippen molar-refractivity contribution in [1.29, 1.82) is 0 Å². The number of hydrogen-bond donors (Lipinski definition) is 2. The normalized spacial score (nSPS) is 18.3. The van der Waals surface area contributed by atoms with E-state index in [4.69, 9.17) is 22.1 Å². The molecule has 0 unspecified atom stereocenters. The number of ether oxygens (including phenoxy) is 1. The molecule has 1 aromatic rings. The van der Waals surface area contributed by atoms with Crippen molar-refractivity contribution in [3.63, 3.8) is 0 Å². The fourth-order valence-corrected chi connectivity index (χ4v) is 3.72. The monoisotopic (exact) mass is 283 g/mol. The fraction of sp³-hybridized carbons (Fsp3) is 0.600. The summed E-state index contributed by atoms with van der Waals surface area (Å²) in [5.74, 6) is 0.528. The molecule has 106 valence electrons. The Morgan fingerprint density at radius 2 is 2.00 bits per heavy atom. The minimum absolute atomic E-state index is 0.135. The second-order valence-corrected chi connectivity index (χ2v) is 5.88. The van der Waals surface area contributed by atoms with Crippen LogP contribution in [0.3, 0.4) is 0 Å². The number of phenolic OH excluding ortho intramolecular Hbond substituents is 1. The Morgan fingerprint density at radius 1 is 1.37 bits per heavy atom. The highest BCUT2D eigenvalue weighted by atomic mass is 35.5. The summed E-state index contributed by atoms with van der Waals surface area (Å²) in [5, 5.41) is 11.0. The lowest BCUT2D eigenvalue weighted by atomic mass is 9.68. The maximum atomic E-state index is 10.5. The number of aryl methyl sites for hydroxylation is 1.